The van der Waals surface area contributed by atoms with Gasteiger partial charge in [-0.15, -0.1) is 0 Å². The number of carbonyl (C=O) groups is 3. The lowest BCUT2D eigenvalue weighted by atomic mass is 10.1. The molecule has 0 aromatic heterocycles. The van der Waals surface area contributed by atoms with Crippen LogP contribution in [0.2, 0.25) is 0 Å². The van der Waals surface area contributed by atoms with Crippen molar-refractivity contribution >= 4 is 17.8 Å². The van der Waals surface area contributed by atoms with Gasteiger partial charge in [-0.1, -0.05) is 30.3 Å². The van der Waals surface area contributed by atoms with Crippen molar-refractivity contribution in [3.63, 3.8) is 0 Å². The molecule has 2 fully saturated rings. The first-order valence-electron chi connectivity index (χ1n) is 7.87. The molecule has 23 heavy (non-hydrogen) atoms. The highest BCUT2D eigenvalue weighted by atomic mass is 16.4. The average Bonchev–Trinajstić information content (AvgIpc) is 3.22. The molecule has 122 valence electrons. The zero-order valence-corrected chi connectivity index (χ0v) is 12.8. The highest BCUT2D eigenvalue weighted by molar-refractivity contribution is 5.94. The van der Waals surface area contributed by atoms with E-state index in [1.165, 1.54) is 0 Å². The molecular formula is C17H20N2O4. The molecule has 1 saturated carbocycles. The summed E-state index contributed by atoms with van der Waals surface area (Å²) >= 11 is 0. The number of hydrogen-bond donors (Lipinski definition) is 2. The topological polar surface area (TPSA) is 86.7 Å². The highest BCUT2D eigenvalue weighted by Gasteiger charge is 2.52. The van der Waals surface area contributed by atoms with Gasteiger partial charge in [0.15, 0.2) is 0 Å². The van der Waals surface area contributed by atoms with Gasteiger partial charge < -0.3 is 15.3 Å². The Bertz CT molecular complexity index is 625. The largest absolute Gasteiger partial charge is 0.480 e. The van der Waals surface area contributed by atoms with Crippen LogP contribution < -0.4 is 5.32 Å². The van der Waals surface area contributed by atoms with Gasteiger partial charge >= 0.3 is 5.97 Å². The maximum Gasteiger partial charge on any atom is 0.329 e. The summed E-state index contributed by atoms with van der Waals surface area (Å²) in [4.78, 5) is 37.1. The van der Waals surface area contributed by atoms with E-state index < -0.39 is 17.4 Å². The molecule has 0 unspecified atom stereocenters. The van der Waals surface area contributed by atoms with Gasteiger partial charge in [0.05, 0.1) is 5.92 Å². The summed E-state index contributed by atoms with van der Waals surface area (Å²) in [6, 6.07) is 9.88. The van der Waals surface area contributed by atoms with Crippen LogP contribution in [0.15, 0.2) is 30.3 Å². The first-order valence-corrected chi connectivity index (χ1v) is 7.87. The third-order valence-electron chi connectivity index (χ3n) is 4.62. The third-order valence-corrected chi connectivity index (χ3v) is 4.62. The minimum absolute atomic E-state index is 0.0405. The van der Waals surface area contributed by atoms with Crippen molar-refractivity contribution in [2.24, 2.45) is 5.92 Å². The van der Waals surface area contributed by atoms with Crippen molar-refractivity contribution < 1.29 is 19.5 Å². The fraction of sp³-hybridized carbons (Fsp3) is 0.471. The Morgan fingerprint density at radius 3 is 2.57 bits per heavy atom. The smallest absolute Gasteiger partial charge is 0.329 e. The Labute approximate surface area is 134 Å². The van der Waals surface area contributed by atoms with E-state index in [2.05, 4.69) is 5.32 Å². The molecule has 1 saturated heterocycles. The van der Waals surface area contributed by atoms with Gasteiger partial charge in [0, 0.05) is 19.5 Å². The van der Waals surface area contributed by atoms with Crippen molar-refractivity contribution in [2.45, 2.75) is 31.2 Å². The van der Waals surface area contributed by atoms with Crippen molar-refractivity contribution in [2.75, 3.05) is 13.1 Å². The number of amides is 2. The number of hydrogen-bond acceptors (Lipinski definition) is 3. The van der Waals surface area contributed by atoms with E-state index in [0.717, 1.165) is 12.0 Å². The fourth-order valence-electron chi connectivity index (χ4n) is 2.93. The van der Waals surface area contributed by atoms with E-state index in [1.807, 2.05) is 30.3 Å². The predicted molar refractivity (Wildman–Crippen MR) is 82.6 cm³/mol. The second kappa shape index (κ2) is 6.02. The number of nitrogens with one attached hydrogen (secondary N) is 1. The van der Waals surface area contributed by atoms with Gasteiger partial charge in [-0.3, -0.25) is 9.59 Å². The van der Waals surface area contributed by atoms with Crippen molar-refractivity contribution in [1.29, 1.82) is 0 Å². The third kappa shape index (κ3) is 3.36. The molecule has 1 aromatic carbocycles. The summed E-state index contributed by atoms with van der Waals surface area (Å²) in [5.41, 5.74) is 0.0634. The number of rotatable bonds is 6. The van der Waals surface area contributed by atoms with E-state index >= 15 is 0 Å². The molecule has 1 heterocycles. The van der Waals surface area contributed by atoms with Crippen LogP contribution in [-0.2, 0) is 20.8 Å². The monoisotopic (exact) mass is 316 g/mol. The molecule has 1 aromatic rings. The Balaban J connectivity index is 1.53. The molecule has 0 bridgehead atoms. The molecule has 0 radical (unpaired) electrons. The summed E-state index contributed by atoms with van der Waals surface area (Å²) in [6.07, 6.45) is 1.84. The van der Waals surface area contributed by atoms with Gasteiger partial charge in [0.2, 0.25) is 11.8 Å². The van der Waals surface area contributed by atoms with Gasteiger partial charge in [-0.25, -0.2) is 4.79 Å². The summed E-state index contributed by atoms with van der Waals surface area (Å²) < 4.78 is 0. The maximum atomic E-state index is 12.2. The minimum atomic E-state index is -1.09. The number of carboxylic acid groups (broad SMARTS) is 1. The summed E-state index contributed by atoms with van der Waals surface area (Å²) in [6.45, 7) is 0.948. The quantitative estimate of drug-likeness (QED) is 0.813. The van der Waals surface area contributed by atoms with E-state index in [9.17, 15) is 14.4 Å². The number of carbonyl (C=O) groups excluding carboxylic acids is 2. The second-order valence-electron chi connectivity index (χ2n) is 6.35. The Morgan fingerprint density at radius 2 is 1.96 bits per heavy atom. The number of carboxylic acids is 1. The van der Waals surface area contributed by atoms with Crippen LogP contribution in [-0.4, -0.2) is 46.4 Å². The maximum absolute atomic E-state index is 12.2. The number of likely N-dealkylation sites (tertiary alicyclic amines) is 1. The molecular weight excluding hydrogens is 296 g/mol. The fourth-order valence-corrected chi connectivity index (χ4v) is 2.93. The molecule has 2 aliphatic rings. The predicted octanol–water partition coefficient (Wildman–Crippen LogP) is 0.811. The standard InChI is InChI=1S/C17H20N2O4/c20-14-10-13(15(21)18-17(7-8-17)16(22)23)11-19(14)9-6-12-4-2-1-3-5-12/h1-5,13H,6-11H2,(H,18,21)(H,22,23)/t13-/m0/s1. The van der Waals surface area contributed by atoms with E-state index in [1.54, 1.807) is 4.90 Å². The molecule has 2 N–H and O–H groups in total. The van der Waals surface area contributed by atoms with Crippen LogP contribution in [0.4, 0.5) is 0 Å². The van der Waals surface area contributed by atoms with Crippen LogP contribution in [0.5, 0.6) is 0 Å². The molecule has 1 atom stereocenters. The lowest BCUT2D eigenvalue weighted by Crippen LogP contribution is -2.46. The Morgan fingerprint density at radius 1 is 1.26 bits per heavy atom. The van der Waals surface area contributed by atoms with Gasteiger partial charge in [-0.05, 0) is 24.8 Å². The second-order valence-corrected chi connectivity index (χ2v) is 6.35. The molecule has 0 spiro atoms. The first kappa shape index (κ1) is 15.5. The number of aliphatic carboxylic acids is 1. The summed E-state index contributed by atoms with van der Waals surface area (Å²) in [7, 11) is 0. The Kier molecular flexibility index (Phi) is 4.07. The highest BCUT2D eigenvalue weighted by Crippen LogP contribution is 2.36. The lowest BCUT2D eigenvalue weighted by Gasteiger charge is -2.18. The minimum Gasteiger partial charge on any atom is -0.480 e. The molecule has 1 aliphatic heterocycles. The van der Waals surface area contributed by atoms with Crippen LogP contribution >= 0.6 is 0 Å². The van der Waals surface area contributed by atoms with Gasteiger partial charge in [-0.2, -0.15) is 0 Å². The molecule has 1 aliphatic carbocycles. The van der Waals surface area contributed by atoms with Gasteiger partial charge in [0.1, 0.15) is 5.54 Å². The van der Waals surface area contributed by atoms with Crippen molar-refractivity contribution in [3.8, 4) is 0 Å². The number of nitrogens with zero attached hydrogens (tertiary/aromatic N) is 1. The van der Waals surface area contributed by atoms with Crippen LogP contribution in [0.3, 0.4) is 0 Å². The van der Waals surface area contributed by atoms with Crippen molar-refractivity contribution in [3.05, 3.63) is 35.9 Å². The average molecular weight is 316 g/mol. The van der Waals surface area contributed by atoms with Crippen molar-refractivity contribution in [1.82, 2.24) is 10.2 Å². The van der Waals surface area contributed by atoms with Crippen LogP contribution in [0.25, 0.3) is 0 Å². The lowest BCUT2D eigenvalue weighted by molar-refractivity contribution is -0.143. The summed E-state index contributed by atoms with van der Waals surface area (Å²) in [5.74, 6) is -1.80. The Hall–Kier alpha value is -2.37. The van der Waals surface area contributed by atoms with Crippen LogP contribution in [0, 0.1) is 5.92 Å². The van der Waals surface area contributed by atoms with Gasteiger partial charge in [0.25, 0.3) is 0 Å². The van der Waals surface area contributed by atoms with Crippen LogP contribution in [0.1, 0.15) is 24.8 Å². The normalized spacial score (nSPS) is 22.0. The zero-order valence-electron chi connectivity index (χ0n) is 12.8. The zero-order chi connectivity index (χ0) is 16.4. The molecule has 2 amide bonds. The SMILES string of the molecule is O=C(NC1(C(=O)O)CC1)[C@H]1CC(=O)N(CCc2ccccc2)C1. The van der Waals surface area contributed by atoms with E-state index in [-0.39, 0.29) is 18.2 Å². The molecule has 6 nitrogen and oxygen atoms in total. The molecule has 3 rings (SSSR count). The van der Waals surface area contributed by atoms with E-state index in [0.29, 0.717) is 25.9 Å². The first-order chi connectivity index (χ1) is 11.0. The summed E-state index contributed by atoms with van der Waals surface area (Å²) in [5, 5.41) is 11.7. The number of benzene rings is 1. The van der Waals surface area contributed by atoms with E-state index in [4.69, 9.17) is 5.11 Å². The molecule has 6 heteroatoms.